The Morgan fingerprint density at radius 2 is 2.60 bits per heavy atom. The summed E-state index contributed by atoms with van der Waals surface area (Å²) >= 11 is 0. The van der Waals surface area contributed by atoms with Crippen LogP contribution >= 0.6 is 0 Å². The second kappa shape index (κ2) is 2.34. The second-order valence-electron chi connectivity index (χ2n) is 1.55. The van der Waals surface area contributed by atoms with Gasteiger partial charge in [-0.2, -0.15) is 0 Å². The Bertz CT molecular complexity index is 244. The van der Waals surface area contributed by atoms with Gasteiger partial charge in [-0.1, -0.05) is 0 Å². The number of ether oxygens (including phenoxy) is 1. The average molecular weight is 143 g/mol. The van der Waals surface area contributed by atoms with Crippen LogP contribution in [0.3, 0.4) is 0 Å². The zero-order valence-corrected chi connectivity index (χ0v) is 5.20. The summed E-state index contributed by atoms with van der Waals surface area (Å²) in [4.78, 5) is 9.44. The van der Waals surface area contributed by atoms with Crippen LogP contribution in [0.4, 0.5) is 5.82 Å². The van der Waals surface area contributed by atoms with E-state index in [1.165, 1.54) is 13.2 Å². The van der Waals surface area contributed by atoms with E-state index in [9.17, 15) is 10.1 Å². The molecule has 0 aromatic carbocycles. The van der Waals surface area contributed by atoms with Crippen LogP contribution in [0, 0.1) is 10.1 Å². The number of nitrogens with zero attached hydrogens (tertiary/aromatic N) is 2. The predicted octanol–water partition coefficient (Wildman–Crippen LogP) is 0.326. The lowest BCUT2D eigenvalue weighted by Gasteiger charge is -1.85. The largest absolute Gasteiger partial charge is 0.478 e. The van der Waals surface area contributed by atoms with Crippen LogP contribution in [-0.2, 0) is 0 Å². The molecule has 6 heteroatoms. The van der Waals surface area contributed by atoms with Gasteiger partial charge < -0.3 is 14.9 Å². The van der Waals surface area contributed by atoms with Crippen LogP contribution in [0.15, 0.2) is 6.07 Å². The van der Waals surface area contributed by atoms with Gasteiger partial charge in [0, 0.05) is 0 Å². The molecule has 0 saturated heterocycles. The fourth-order valence-electron chi connectivity index (χ4n) is 0.492. The normalized spacial score (nSPS) is 9.30. The fourth-order valence-corrected chi connectivity index (χ4v) is 0.492. The molecule has 0 atom stereocenters. The van der Waals surface area contributed by atoms with Gasteiger partial charge in [0.2, 0.25) is 0 Å². The van der Waals surface area contributed by atoms with E-state index in [1.54, 1.807) is 0 Å². The summed E-state index contributed by atoms with van der Waals surface area (Å²) in [6.45, 7) is 0. The van der Waals surface area contributed by atoms with E-state index in [0.29, 0.717) is 0 Å². The molecule has 1 aromatic rings. The standard InChI is InChI=1S/C4H5N3O3/c1-10-4-2-3(5-6-4)7(8)9/h2H,1H3,(H,5,6). The van der Waals surface area contributed by atoms with Crippen molar-refractivity contribution in [3.63, 3.8) is 0 Å². The summed E-state index contributed by atoms with van der Waals surface area (Å²) in [5, 5.41) is 15.7. The van der Waals surface area contributed by atoms with Gasteiger partial charge in [0.25, 0.3) is 5.88 Å². The highest BCUT2D eigenvalue weighted by Crippen LogP contribution is 2.12. The molecule has 1 N–H and O–H groups in total. The summed E-state index contributed by atoms with van der Waals surface area (Å²) in [7, 11) is 1.39. The number of methoxy groups -OCH3 is 1. The molecule has 0 amide bonds. The fraction of sp³-hybridized carbons (Fsp3) is 0.250. The second-order valence-corrected chi connectivity index (χ2v) is 1.55. The number of hydrogen-bond acceptors (Lipinski definition) is 4. The first-order valence-electron chi connectivity index (χ1n) is 2.48. The number of H-pyrrole nitrogens is 1. The highest BCUT2D eigenvalue weighted by atomic mass is 16.6. The predicted molar refractivity (Wildman–Crippen MR) is 31.8 cm³/mol. The summed E-state index contributed by atoms with van der Waals surface area (Å²) < 4.78 is 4.60. The molecule has 0 aliphatic rings. The minimum Gasteiger partial charge on any atom is -0.478 e. The summed E-state index contributed by atoms with van der Waals surface area (Å²) in [5.41, 5.74) is 0. The molecule has 6 nitrogen and oxygen atoms in total. The molecule has 1 aromatic heterocycles. The Morgan fingerprint density at radius 3 is 2.90 bits per heavy atom. The van der Waals surface area contributed by atoms with Crippen LogP contribution in [0.25, 0.3) is 0 Å². The number of hydrogen-bond donors (Lipinski definition) is 1. The topological polar surface area (TPSA) is 81.0 Å². The zero-order chi connectivity index (χ0) is 7.56. The minimum absolute atomic E-state index is 0.170. The van der Waals surface area contributed by atoms with Gasteiger partial charge in [-0.15, -0.1) is 5.10 Å². The minimum atomic E-state index is -0.574. The van der Waals surface area contributed by atoms with Gasteiger partial charge >= 0.3 is 5.82 Å². The van der Waals surface area contributed by atoms with E-state index in [2.05, 4.69) is 14.9 Å². The summed E-state index contributed by atoms with van der Waals surface area (Å²) in [6, 6.07) is 1.21. The first-order chi connectivity index (χ1) is 4.74. The van der Waals surface area contributed by atoms with Crippen LogP contribution < -0.4 is 4.74 Å². The monoisotopic (exact) mass is 143 g/mol. The van der Waals surface area contributed by atoms with E-state index in [-0.39, 0.29) is 11.7 Å². The van der Waals surface area contributed by atoms with Crippen molar-refractivity contribution in [2.45, 2.75) is 0 Å². The maximum Gasteiger partial charge on any atom is 0.346 e. The molecule has 0 saturated carbocycles. The van der Waals surface area contributed by atoms with E-state index in [1.807, 2.05) is 0 Å². The molecule has 0 spiro atoms. The Kier molecular flexibility index (Phi) is 1.53. The third-order valence-electron chi connectivity index (χ3n) is 0.947. The van der Waals surface area contributed by atoms with Crippen molar-refractivity contribution in [1.82, 2.24) is 10.2 Å². The lowest BCUT2D eigenvalue weighted by molar-refractivity contribution is -0.389. The van der Waals surface area contributed by atoms with Crippen LogP contribution in [0.1, 0.15) is 0 Å². The lowest BCUT2D eigenvalue weighted by atomic mass is 10.6. The Hall–Kier alpha value is -1.59. The van der Waals surface area contributed by atoms with Crippen LogP contribution in [0.2, 0.25) is 0 Å². The Labute approximate surface area is 56.0 Å². The SMILES string of the molecule is COc1cc([N+](=O)[O-])[nH]n1. The Balaban J connectivity index is 2.88. The molecule has 0 aliphatic carbocycles. The summed E-state index contributed by atoms with van der Waals surface area (Å²) in [6.07, 6.45) is 0. The lowest BCUT2D eigenvalue weighted by Crippen LogP contribution is -1.86. The first-order valence-corrected chi connectivity index (χ1v) is 2.48. The van der Waals surface area contributed by atoms with E-state index >= 15 is 0 Å². The van der Waals surface area contributed by atoms with Crippen molar-refractivity contribution in [3.05, 3.63) is 16.2 Å². The molecular formula is C4H5N3O3. The molecule has 0 unspecified atom stereocenters. The molecule has 54 valence electrons. The molecular weight excluding hydrogens is 138 g/mol. The van der Waals surface area contributed by atoms with Gasteiger partial charge in [-0.05, 0) is 10.0 Å². The maximum atomic E-state index is 10.0. The third-order valence-corrected chi connectivity index (χ3v) is 0.947. The molecule has 0 bridgehead atoms. The zero-order valence-electron chi connectivity index (χ0n) is 5.20. The highest BCUT2D eigenvalue weighted by molar-refractivity contribution is 5.24. The number of nitrogens with one attached hydrogen (secondary N) is 1. The average Bonchev–Trinajstić information content (AvgIpc) is 2.34. The van der Waals surface area contributed by atoms with Crippen molar-refractivity contribution >= 4 is 5.82 Å². The van der Waals surface area contributed by atoms with E-state index in [0.717, 1.165) is 0 Å². The number of aromatic nitrogens is 2. The van der Waals surface area contributed by atoms with Crippen molar-refractivity contribution in [2.75, 3.05) is 7.11 Å². The molecule has 0 aliphatic heterocycles. The van der Waals surface area contributed by atoms with Gasteiger partial charge in [-0.3, -0.25) is 0 Å². The number of rotatable bonds is 2. The van der Waals surface area contributed by atoms with Gasteiger partial charge in [-0.25, -0.2) is 0 Å². The smallest absolute Gasteiger partial charge is 0.346 e. The highest BCUT2D eigenvalue weighted by Gasteiger charge is 2.08. The molecule has 1 heterocycles. The van der Waals surface area contributed by atoms with Crippen LogP contribution in [0.5, 0.6) is 5.88 Å². The quantitative estimate of drug-likeness (QED) is 0.477. The van der Waals surface area contributed by atoms with E-state index in [4.69, 9.17) is 0 Å². The van der Waals surface area contributed by atoms with Crippen molar-refractivity contribution in [1.29, 1.82) is 0 Å². The van der Waals surface area contributed by atoms with Crippen LogP contribution in [-0.4, -0.2) is 22.2 Å². The summed E-state index contributed by atoms with van der Waals surface area (Å²) in [5.74, 6) is 0.0450. The van der Waals surface area contributed by atoms with Gasteiger partial charge in [0.1, 0.15) is 0 Å². The molecule has 1 rings (SSSR count). The Morgan fingerprint density at radius 1 is 1.90 bits per heavy atom. The third kappa shape index (κ3) is 1.04. The van der Waals surface area contributed by atoms with Crippen molar-refractivity contribution < 1.29 is 9.66 Å². The first kappa shape index (κ1) is 6.53. The van der Waals surface area contributed by atoms with Gasteiger partial charge in [0.05, 0.1) is 13.2 Å². The number of nitro groups is 1. The van der Waals surface area contributed by atoms with Crippen molar-refractivity contribution in [2.24, 2.45) is 0 Å². The molecule has 10 heavy (non-hydrogen) atoms. The van der Waals surface area contributed by atoms with E-state index < -0.39 is 4.92 Å². The van der Waals surface area contributed by atoms with Crippen molar-refractivity contribution in [3.8, 4) is 5.88 Å². The molecule has 0 fully saturated rings. The maximum absolute atomic E-state index is 10.0. The number of aromatic amines is 1. The molecule has 0 radical (unpaired) electrons. The van der Waals surface area contributed by atoms with Gasteiger partial charge in [0.15, 0.2) is 0 Å².